The van der Waals surface area contributed by atoms with E-state index in [0.717, 1.165) is 54.6 Å². The van der Waals surface area contributed by atoms with Crippen LogP contribution in [-0.2, 0) is 25.9 Å². The second kappa shape index (κ2) is 5.60. The average molecular weight is 305 g/mol. The van der Waals surface area contributed by atoms with E-state index in [1.807, 2.05) is 16.8 Å². The van der Waals surface area contributed by atoms with Crippen LogP contribution in [0.1, 0.15) is 30.8 Å². The van der Waals surface area contributed by atoms with E-state index in [1.54, 1.807) is 0 Å². The van der Waals surface area contributed by atoms with Crippen molar-refractivity contribution in [3.63, 3.8) is 0 Å². The minimum atomic E-state index is 0.788. The van der Waals surface area contributed by atoms with Crippen molar-refractivity contribution >= 4 is 23.0 Å². The lowest BCUT2D eigenvalue weighted by atomic mass is 10.1. The van der Waals surface area contributed by atoms with Crippen LogP contribution in [0.2, 0.25) is 5.02 Å². The zero-order chi connectivity index (χ0) is 15.0. The zero-order valence-corrected chi connectivity index (χ0v) is 13.3. The molecule has 0 fully saturated rings. The van der Waals surface area contributed by atoms with Crippen molar-refractivity contribution < 1.29 is 0 Å². The average Bonchev–Trinajstić information content (AvgIpc) is 3.03. The molecule has 0 spiro atoms. The van der Waals surface area contributed by atoms with Crippen molar-refractivity contribution in [1.82, 2.24) is 9.78 Å². The van der Waals surface area contributed by atoms with Crippen LogP contribution in [0.3, 0.4) is 0 Å². The third-order valence-corrected chi connectivity index (χ3v) is 4.63. The quantitative estimate of drug-likeness (QED) is 0.882. The summed E-state index contributed by atoms with van der Waals surface area (Å²) in [5, 5.41) is 5.41. The first-order valence-corrected chi connectivity index (χ1v) is 7.89. The summed E-state index contributed by atoms with van der Waals surface area (Å²) in [7, 11) is 0. The van der Waals surface area contributed by atoms with Gasteiger partial charge in [0.25, 0.3) is 0 Å². The first-order chi connectivity index (χ1) is 10.2. The number of nitrogens with zero attached hydrogens (tertiary/aromatic N) is 3. The maximum atomic E-state index is 6.51. The smallest absolute Gasteiger partial charge is 0.0868 e. The highest BCUT2D eigenvalue weighted by Crippen LogP contribution is 2.34. The number of benzene rings is 1. The van der Waals surface area contributed by atoms with Gasteiger partial charge in [-0.2, -0.15) is 5.10 Å². The van der Waals surface area contributed by atoms with Crippen LogP contribution < -0.4 is 10.6 Å². The molecule has 112 valence electrons. The second-order valence-corrected chi connectivity index (χ2v) is 5.77. The first kappa shape index (κ1) is 14.3. The van der Waals surface area contributed by atoms with E-state index in [1.165, 1.54) is 11.3 Å². The Hall–Kier alpha value is -1.68. The first-order valence-electron chi connectivity index (χ1n) is 7.52. The van der Waals surface area contributed by atoms with Crippen LogP contribution in [-0.4, -0.2) is 16.3 Å². The van der Waals surface area contributed by atoms with Crippen molar-refractivity contribution in [3.05, 3.63) is 40.2 Å². The van der Waals surface area contributed by atoms with Crippen molar-refractivity contribution in [3.8, 4) is 0 Å². The number of aromatic nitrogens is 2. The third kappa shape index (κ3) is 2.38. The highest BCUT2D eigenvalue weighted by molar-refractivity contribution is 6.31. The molecule has 1 aromatic carbocycles. The molecule has 2 N–H and O–H groups in total. The van der Waals surface area contributed by atoms with Gasteiger partial charge in [-0.05, 0) is 31.9 Å². The number of rotatable bonds is 4. The fraction of sp³-hybridized carbons (Fsp3) is 0.438. The number of aryl methyl sites for hydroxylation is 2. The van der Waals surface area contributed by atoms with Crippen LogP contribution >= 0.6 is 11.6 Å². The molecule has 0 saturated carbocycles. The standard InChI is InChI=1S/C16H21ClN4/c1-3-13-16(17)15(21(4-2)19-13)10-20-9-8-11-12(18)6-5-7-14(11)20/h5-7H,3-4,8-10,18H2,1-2H3. The zero-order valence-electron chi connectivity index (χ0n) is 12.6. The Balaban J connectivity index is 1.93. The molecule has 5 heteroatoms. The van der Waals surface area contributed by atoms with Gasteiger partial charge < -0.3 is 10.6 Å². The van der Waals surface area contributed by atoms with Gasteiger partial charge >= 0.3 is 0 Å². The van der Waals surface area contributed by atoms with Gasteiger partial charge in [0.1, 0.15) is 0 Å². The summed E-state index contributed by atoms with van der Waals surface area (Å²) >= 11 is 6.51. The summed E-state index contributed by atoms with van der Waals surface area (Å²) in [6.07, 6.45) is 1.86. The van der Waals surface area contributed by atoms with Crippen LogP contribution in [0, 0.1) is 0 Å². The lowest BCUT2D eigenvalue weighted by molar-refractivity contribution is 0.606. The van der Waals surface area contributed by atoms with Crippen molar-refractivity contribution in [2.24, 2.45) is 0 Å². The minimum absolute atomic E-state index is 0.788. The largest absolute Gasteiger partial charge is 0.398 e. The minimum Gasteiger partial charge on any atom is -0.398 e. The van der Waals surface area contributed by atoms with Crippen LogP contribution in [0.5, 0.6) is 0 Å². The Bertz CT molecular complexity index is 663. The molecule has 1 aliphatic heterocycles. The summed E-state index contributed by atoms with van der Waals surface area (Å²) in [6.45, 7) is 6.80. The fourth-order valence-electron chi connectivity index (χ4n) is 3.04. The van der Waals surface area contributed by atoms with Gasteiger partial charge in [-0.3, -0.25) is 4.68 Å². The number of anilines is 2. The molecule has 0 unspecified atom stereocenters. The number of halogens is 1. The van der Waals surface area contributed by atoms with E-state index >= 15 is 0 Å². The molecule has 0 saturated heterocycles. The summed E-state index contributed by atoms with van der Waals surface area (Å²) in [5.74, 6) is 0. The molecule has 1 aliphatic rings. The Morgan fingerprint density at radius 3 is 2.86 bits per heavy atom. The summed E-state index contributed by atoms with van der Waals surface area (Å²) in [4.78, 5) is 2.35. The number of hydrogen-bond donors (Lipinski definition) is 1. The van der Waals surface area contributed by atoms with Crippen LogP contribution in [0.4, 0.5) is 11.4 Å². The van der Waals surface area contributed by atoms with E-state index in [0.29, 0.717) is 0 Å². The molecule has 0 aliphatic carbocycles. The van der Waals surface area contributed by atoms with Gasteiger partial charge in [-0.25, -0.2) is 0 Å². The highest BCUT2D eigenvalue weighted by Gasteiger charge is 2.24. The SMILES string of the molecule is CCc1nn(CC)c(CN2CCc3c(N)cccc32)c1Cl. The maximum Gasteiger partial charge on any atom is 0.0868 e. The van der Waals surface area contributed by atoms with Crippen molar-refractivity contribution in [1.29, 1.82) is 0 Å². The predicted octanol–water partition coefficient (Wildman–Crippen LogP) is 3.26. The molecule has 0 bridgehead atoms. The second-order valence-electron chi connectivity index (χ2n) is 5.39. The molecule has 2 heterocycles. The normalized spacial score (nSPS) is 13.8. The van der Waals surface area contributed by atoms with Gasteiger partial charge in [0, 0.05) is 30.0 Å². The van der Waals surface area contributed by atoms with Gasteiger partial charge in [0.15, 0.2) is 0 Å². The van der Waals surface area contributed by atoms with E-state index < -0.39 is 0 Å². The topological polar surface area (TPSA) is 47.1 Å². The summed E-state index contributed by atoms with van der Waals surface area (Å²) in [5.41, 5.74) is 11.5. The fourth-order valence-corrected chi connectivity index (χ4v) is 3.37. The molecule has 0 amide bonds. The number of nitrogens with two attached hydrogens (primary N) is 1. The van der Waals surface area contributed by atoms with Gasteiger partial charge in [-0.1, -0.05) is 24.6 Å². The van der Waals surface area contributed by atoms with Gasteiger partial charge in [-0.15, -0.1) is 0 Å². The molecule has 2 aromatic rings. The van der Waals surface area contributed by atoms with E-state index in [4.69, 9.17) is 17.3 Å². The predicted molar refractivity (Wildman–Crippen MR) is 87.9 cm³/mol. The highest BCUT2D eigenvalue weighted by atomic mass is 35.5. The summed E-state index contributed by atoms with van der Waals surface area (Å²) in [6, 6.07) is 6.13. The number of nitrogen functional groups attached to an aromatic ring is 1. The summed E-state index contributed by atoms with van der Waals surface area (Å²) < 4.78 is 2.02. The molecular weight excluding hydrogens is 284 g/mol. The van der Waals surface area contributed by atoms with Crippen LogP contribution in [0.15, 0.2) is 18.2 Å². The number of fused-ring (bicyclic) bond motifs is 1. The monoisotopic (exact) mass is 304 g/mol. The van der Waals surface area contributed by atoms with Gasteiger partial charge in [0.2, 0.25) is 0 Å². The Kier molecular flexibility index (Phi) is 3.81. The van der Waals surface area contributed by atoms with Crippen molar-refractivity contribution in [2.45, 2.75) is 39.8 Å². The molecular formula is C16H21ClN4. The molecule has 0 radical (unpaired) electrons. The molecule has 0 atom stereocenters. The van der Waals surface area contributed by atoms with Crippen molar-refractivity contribution in [2.75, 3.05) is 17.2 Å². The third-order valence-electron chi connectivity index (χ3n) is 4.19. The lowest BCUT2D eigenvalue weighted by Gasteiger charge is -2.20. The Morgan fingerprint density at radius 1 is 1.33 bits per heavy atom. The number of hydrogen-bond acceptors (Lipinski definition) is 3. The molecule has 4 nitrogen and oxygen atoms in total. The van der Waals surface area contributed by atoms with E-state index in [9.17, 15) is 0 Å². The van der Waals surface area contributed by atoms with Gasteiger partial charge in [0.05, 0.1) is 23.0 Å². The maximum absolute atomic E-state index is 6.51. The lowest BCUT2D eigenvalue weighted by Crippen LogP contribution is -2.22. The van der Waals surface area contributed by atoms with Crippen LogP contribution in [0.25, 0.3) is 0 Å². The molecule has 1 aromatic heterocycles. The molecule has 3 rings (SSSR count). The Morgan fingerprint density at radius 2 is 2.14 bits per heavy atom. The van der Waals surface area contributed by atoms with E-state index in [-0.39, 0.29) is 0 Å². The van der Waals surface area contributed by atoms with E-state index in [2.05, 4.69) is 29.9 Å². The molecule has 21 heavy (non-hydrogen) atoms. The Labute approximate surface area is 130 Å².